The van der Waals surface area contributed by atoms with Crippen molar-refractivity contribution < 1.29 is 21.7 Å². The Bertz CT molecular complexity index is 855. The molecule has 2 aromatic rings. The Kier molecular flexibility index (Phi) is 4.90. The lowest BCUT2D eigenvalue weighted by molar-refractivity contribution is 0.180. The highest BCUT2D eigenvalue weighted by Crippen LogP contribution is 2.22. The molecule has 1 aromatic carbocycles. The number of nitrogens with zero attached hydrogens (tertiary/aromatic N) is 3. The van der Waals surface area contributed by atoms with Crippen molar-refractivity contribution in [3.05, 3.63) is 46.9 Å². The van der Waals surface area contributed by atoms with Gasteiger partial charge in [-0.1, -0.05) is 5.16 Å². The second kappa shape index (κ2) is 6.81. The first kappa shape index (κ1) is 18.0. The molecular weight excluding hydrogens is 352 g/mol. The maximum Gasteiger partial charge on any atom is 0.246 e. The van der Waals surface area contributed by atoms with E-state index < -0.39 is 26.6 Å². The average Bonchev–Trinajstić information content (AvgIpc) is 2.87. The van der Waals surface area contributed by atoms with E-state index in [9.17, 15) is 17.2 Å². The van der Waals surface area contributed by atoms with E-state index in [1.165, 1.54) is 4.31 Å². The summed E-state index contributed by atoms with van der Waals surface area (Å²) in [7, 11) is -3.98. The molecule has 9 heteroatoms. The molecular formula is C16H19F2N3O3S. The van der Waals surface area contributed by atoms with E-state index >= 15 is 0 Å². The van der Waals surface area contributed by atoms with Gasteiger partial charge >= 0.3 is 0 Å². The van der Waals surface area contributed by atoms with Gasteiger partial charge in [-0.15, -0.1) is 0 Å². The Morgan fingerprint density at radius 3 is 2.40 bits per heavy atom. The molecule has 3 rings (SSSR count). The molecule has 1 saturated heterocycles. The summed E-state index contributed by atoms with van der Waals surface area (Å²) in [6.45, 7) is 5.82. The van der Waals surface area contributed by atoms with Crippen LogP contribution < -0.4 is 0 Å². The SMILES string of the molecule is Cc1noc(C)c1CN1CCN(S(=O)(=O)c2ccc(F)cc2F)CC1. The molecule has 2 heterocycles. The molecule has 1 aromatic heterocycles. The Morgan fingerprint density at radius 1 is 1.16 bits per heavy atom. The van der Waals surface area contributed by atoms with Gasteiger partial charge in [0.1, 0.15) is 22.3 Å². The lowest BCUT2D eigenvalue weighted by Gasteiger charge is -2.33. The predicted octanol–water partition coefficient (Wildman–Crippen LogP) is 2.08. The lowest BCUT2D eigenvalue weighted by Crippen LogP contribution is -2.48. The Labute approximate surface area is 145 Å². The molecule has 1 aliphatic rings. The third-order valence-corrected chi connectivity index (χ3v) is 6.34. The summed E-state index contributed by atoms with van der Waals surface area (Å²) in [5.74, 6) is -1.13. The van der Waals surface area contributed by atoms with Crippen molar-refractivity contribution in [1.29, 1.82) is 0 Å². The Morgan fingerprint density at radius 2 is 1.84 bits per heavy atom. The summed E-state index contributed by atoms with van der Waals surface area (Å²) in [6, 6.07) is 2.50. The molecule has 0 amide bonds. The van der Waals surface area contributed by atoms with Crippen LogP contribution in [0.2, 0.25) is 0 Å². The van der Waals surface area contributed by atoms with Crippen LogP contribution in [0.4, 0.5) is 8.78 Å². The standard InChI is InChI=1S/C16H19F2N3O3S/c1-11-14(12(2)24-19-11)10-20-5-7-21(8-6-20)25(22,23)16-4-3-13(17)9-15(16)18/h3-4,9H,5-8,10H2,1-2H3. The topological polar surface area (TPSA) is 66.7 Å². The van der Waals surface area contributed by atoms with E-state index in [0.29, 0.717) is 25.7 Å². The van der Waals surface area contributed by atoms with Crippen LogP contribution in [0.15, 0.2) is 27.6 Å². The second-order valence-corrected chi connectivity index (χ2v) is 7.96. The number of aryl methyl sites for hydroxylation is 2. The molecule has 0 N–H and O–H groups in total. The van der Waals surface area contributed by atoms with Crippen LogP contribution in [0, 0.1) is 25.5 Å². The molecule has 0 aliphatic carbocycles. The molecule has 0 unspecified atom stereocenters. The number of halogens is 2. The molecule has 1 fully saturated rings. The summed E-state index contributed by atoms with van der Waals surface area (Å²) in [5, 5.41) is 3.91. The number of rotatable bonds is 4. The minimum Gasteiger partial charge on any atom is -0.361 e. The van der Waals surface area contributed by atoms with Gasteiger partial charge in [0.15, 0.2) is 0 Å². The van der Waals surface area contributed by atoms with E-state index in [-0.39, 0.29) is 13.1 Å². The molecule has 0 spiro atoms. The van der Waals surface area contributed by atoms with Crippen molar-refractivity contribution in [1.82, 2.24) is 14.4 Å². The van der Waals surface area contributed by atoms with Crippen LogP contribution in [-0.2, 0) is 16.6 Å². The van der Waals surface area contributed by atoms with E-state index in [1.54, 1.807) is 0 Å². The van der Waals surface area contributed by atoms with E-state index in [4.69, 9.17) is 4.52 Å². The number of sulfonamides is 1. The molecule has 136 valence electrons. The van der Waals surface area contributed by atoms with Crippen LogP contribution >= 0.6 is 0 Å². The molecule has 0 saturated carbocycles. The van der Waals surface area contributed by atoms with Crippen LogP contribution in [-0.4, -0.2) is 49.0 Å². The summed E-state index contributed by atoms with van der Waals surface area (Å²) < 4.78 is 58.4. The van der Waals surface area contributed by atoms with Crippen LogP contribution in [0.1, 0.15) is 17.0 Å². The Balaban J connectivity index is 1.69. The zero-order chi connectivity index (χ0) is 18.2. The van der Waals surface area contributed by atoms with Crippen molar-refractivity contribution in [2.45, 2.75) is 25.3 Å². The fourth-order valence-corrected chi connectivity index (χ4v) is 4.37. The lowest BCUT2D eigenvalue weighted by atomic mass is 10.2. The largest absolute Gasteiger partial charge is 0.361 e. The zero-order valence-electron chi connectivity index (χ0n) is 14.0. The fourth-order valence-electron chi connectivity index (χ4n) is 2.90. The number of hydrogen-bond acceptors (Lipinski definition) is 5. The first-order valence-corrected chi connectivity index (χ1v) is 9.32. The van der Waals surface area contributed by atoms with Gasteiger partial charge in [0, 0.05) is 44.4 Å². The molecule has 25 heavy (non-hydrogen) atoms. The molecule has 0 bridgehead atoms. The minimum atomic E-state index is -3.98. The third-order valence-electron chi connectivity index (χ3n) is 4.41. The van der Waals surface area contributed by atoms with Crippen molar-refractivity contribution in [2.75, 3.05) is 26.2 Å². The maximum absolute atomic E-state index is 13.8. The normalized spacial score (nSPS) is 17.1. The van der Waals surface area contributed by atoms with Gasteiger partial charge in [-0.05, 0) is 26.0 Å². The average molecular weight is 371 g/mol. The number of aromatic nitrogens is 1. The molecule has 1 aliphatic heterocycles. The molecule has 6 nitrogen and oxygen atoms in total. The summed E-state index contributed by atoms with van der Waals surface area (Å²) in [5.41, 5.74) is 1.82. The third kappa shape index (κ3) is 3.58. The number of benzene rings is 1. The van der Waals surface area contributed by atoms with E-state index in [0.717, 1.165) is 29.2 Å². The predicted molar refractivity (Wildman–Crippen MR) is 86.4 cm³/mol. The van der Waals surface area contributed by atoms with Crippen LogP contribution in [0.3, 0.4) is 0 Å². The second-order valence-electron chi connectivity index (χ2n) is 6.06. The first-order chi connectivity index (χ1) is 11.8. The van der Waals surface area contributed by atoms with Crippen molar-refractivity contribution in [3.63, 3.8) is 0 Å². The van der Waals surface area contributed by atoms with Gasteiger partial charge in [-0.25, -0.2) is 17.2 Å². The van der Waals surface area contributed by atoms with Crippen LogP contribution in [0.25, 0.3) is 0 Å². The van der Waals surface area contributed by atoms with E-state index in [2.05, 4.69) is 10.1 Å². The van der Waals surface area contributed by atoms with Gasteiger partial charge in [-0.2, -0.15) is 4.31 Å². The van der Waals surface area contributed by atoms with Crippen molar-refractivity contribution in [2.24, 2.45) is 0 Å². The monoisotopic (exact) mass is 371 g/mol. The summed E-state index contributed by atoms with van der Waals surface area (Å²) in [4.78, 5) is 1.60. The highest BCUT2D eigenvalue weighted by molar-refractivity contribution is 7.89. The summed E-state index contributed by atoms with van der Waals surface area (Å²) >= 11 is 0. The summed E-state index contributed by atoms with van der Waals surface area (Å²) in [6.07, 6.45) is 0. The smallest absolute Gasteiger partial charge is 0.246 e. The van der Waals surface area contributed by atoms with Crippen molar-refractivity contribution >= 4 is 10.0 Å². The number of hydrogen-bond donors (Lipinski definition) is 0. The first-order valence-electron chi connectivity index (χ1n) is 7.88. The maximum atomic E-state index is 13.8. The quantitative estimate of drug-likeness (QED) is 0.823. The Hall–Kier alpha value is -1.84. The molecule has 0 atom stereocenters. The minimum absolute atomic E-state index is 0.239. The zero-order valence-corrected chi connectivity index (χ0v) is 14.8. The van der Waals surface area contributed by atoms with Gasteiger partial charge in [0.25, 0.3) is 0 Å². The molecule has 0 radical (unpaired) electrons. The van der Waals surface area contributed by atoms with Crippen molar-refractivity contribution in [3.8, 4) is 0 Å². The van der Waals surface area contributed by atoms with Gasteiger partial charge < -0.3 is 4.52 Å². The van der Waals surface area contributed by atoms with Crippen LogP contribution in [0.5, 0.6) is 0 Å². The van der Waals surface area contributed by atoms with Gasteiger partial charge in [-0.3, -0.25) is 4.90 Å². The highest BCUT2D eigenvalue weighted by Gasteiger charge is 2.31. The fraction of sp³-hybridized carbons (Fsp3) is 0.438. The van der Waals surface area contributed by atoms with Gasteiger partial charge in [0.2, 0.25) is 10.0 Å². The highest BCUT2D eigenvalue weighted by atomic mass is 32.2. The number of piperazine rings is 1. The van der Waals surface area contributed by atoms with Gasteiger partial charge in [0.05, 0.1) is 5.69 Å². The van der Waals surface area contributed by atoms with E-state index in [1.807, 2.05) is 13.8 Å².